The number of halogens is 14. The molecule has 2 rings (SSSR count). The standard InChI is InChI=1S/C14F14N2/c15-1-3(17)7(21)11(8(22)4(1)18)29-13(25)30(14(26,27)28)12-9(23)5(19)2(16)6(20)10(12)24. The third-order valence-corrected chi connectivity index (χ3v) is 3.24. The molecule has 0 aliphatic rings. The molecule has 0 atom stereocenters. The molecular weight excluding hydrogens is 462 g/mol. The molecule has 0 fully saturated rings. The highest BCUT2D eigenvalue weighted by molar-refractivity contribution is 5.93. The Kier molecular flexibility index (Phi) is 5.91. The Balaban J connectivity index is 2.86. The lowest BCUT2D eigenvalue weighted by Gasteiger charge is -2.25. The average molecular weight is 462 g/mol. The normalized spacial score (nSPS) is 12.5. The predicted molar refractivity (Wildman–Crippen MR) is 69.2 cm³/mol. The van der Waals surface area contributed by atoms with Crippen molar-refractivity contribution in [1.29, 1.82) is 0 Å². The Morgan fingerprint density at radius 2 is 0.833 bits per heavy atom. The van der Waals surface area contributed by atoms with Gasteiger partial charge in [0.2, 0.25) is 11.6 Å². The molecule has 0 aliphatic carbocycles. The molecule has 0 amide bonds. The van der Waals surface area contributed by atoms with E-state index in [1.54, 1.807) is 0 Å². The van der Waals surface area contributed by atoms with Gasteiger partial charge in [-0.2, -0.15) is 9.38 Å². The number of amidine groups is 1. The number of alkyl halides is 3. The van der Waals surface area contributed by atoms with Crippen LogP contribution in [0.4, 0.5) is 72.8 Å². The second-order valence-corrected chi connectivity index (χ2v) is 5.02. The summed E-state index contributed by atoms with van der Waals surface area (Å²) in [6.45, 7) is 0. The molecule has 0 unspecified atom stereocenters. The maximum atomic E-state index is 14.0. The first-order valence-corrected chi connectivity index (χ1v) is 6.76. The van der Waals surface area contributed by atoms with E-state index in [1.807, 2.05) is 4.99 Å². The summed E-state index contributed by atoms with van der Waals surface area (Å²) < 4.78 is 186. The Bertz CT molecular complexity index is 1000. The number of aliphatic imine (C=N–C) groups is 1. The van der Waals surface area contributed by atoms with Crippen molar-refractivity contribution in [3.8, 4) is 0 Å². The molecule has 0 aliphatic heterocycles. The number of hydrogen-bond donors (Lipinski definition) is 0. The molecule has 0 saturated carbocycles. The molecule has 0 heterocycles. The molecule has 0 spiro atoms. The summed E-state index contributed by atoms with van der Waals surface area (Å²) in [4.78, 5) is -0.475. The topological polar surface area (TPSA) is 15.6 Å². The molecule has 16 heteroatoms. The van der Waals surface area contributed by atoms with Crippen molar-refractivity contribution < 1.29 is 61.5 Å². The predicted octanol–water partition coefficient (Wildman–Crippen LogP) is 6.06. The van der Waals surface area contributed by atoms with Gasteiger partial charge >= 0.3 is 6.30 Å². The third-order valence-electron chi connectivity index (χ3n) is 3.24. The van der Waals surface area contributed by atoms with Crippen molar-refractivity contribution in [3.05, 3.63) is 58.2 Å². The molecule has 0 radical (unpaired) electrons. The quantitative estimate of drug-likeness (QED) is 0.132. The van der Waals surface area contributed by atoms with Crippen LogP contribution in [-0.2, 0) is 0 Å². The number of benzene rings is 2. The van der Waals surface area contributed by atoms with Gasteiger partial charge in [-0.3, -0.25) is 0 Å². The number of anilines is 1. The van der Waals surface area contributed by atoms with Gasteiger partial charge in [-0.25, -0.2) is 48.8 Å². The van der Waals surface area contributed by atoms with Crippen LogP contribution in [0, 0.1) is 58.2 Å². The first-order chi connectivity index (χ1) is 13.6. The van der Waals surface area contributed by atoms with Crippen LogP contribution in [0.1, 0.15) is 0 Å². The van der Waals surface area contributed by atoms with Gasteiger partial charge in [-0.05, 0) is 0 Å². The fourth-order valence-electron chi connectivity index (χ4n) is 1.95. The second kappa shape index (κ2) is 7.64. The Labute approximate surface area is 154 Å². The minimum absolute atomic E-state index is 1.82. The molecule has 0 N–H and O–H groups in total. The molecule has 2 aromatic rings. The van der Waals surface area contributed by atoms with E-state index >= 15 is 0 Å². The SMILES string of the molecule is FC(=Nc1c(F)c(F)c(F)c(F)c1F)N(c1c(F)c(F)c(F)c(F)c1F)C(F)(F)F. The van der Waals surface area contributed by atoms with Crippen molar-refractivity contribution in [1.82, 2.24) is 0 Å². The minimum atomic E-state index is -6.41. The van der Waals surface area contributed by atoms with E-state index < -0.39 is 86.8 Å². The van der Waals surface area contributed by atoms with E-state index in [0.29, 0.717) is 0 Å². The van der Waals surface area contributed by atoms with E-state index in [9.17, 15) is 61.5 Å². The lowest BCUT2D eigenvalue weighted by atomic mass is 10.2. The maximum absolute atomic E-state index is 14.0. The van der Waals surface area contributed by atoms with E-state index in [1.165, 1.54) is 0 Å². The number of rotatable bonds is 2. The highest BCUT2D eigenvalue weighted by Crippen LogP contribution is 2.38. The van der Waals surface area contributed by atoms with Crippen LogP contribution in [-0.4, -0.2) is 12.4 Å². The first kappa shape index (κ1) is 23.2. The fourth-order valence-corrected chi connectivity index (χ4v) is 1.95. The fraction of sp³-hybridized carbons (Fsp3) is 0.0714. The van der Waals surface area contributed by atoms with Gasteiger partial charge in [-0.1, -0.05) is 0 Å². The van der Waals surface area contributed by atoms with Crippen LogP contribution in [0.2, 0.25) is 0 Å². The molecular formula is C14F14N2. The van der Waals surface area contributed by atoms with Crippen LogP contribution in [0.25, 0.3) is 0 Å². The van der Waals surface area contributed by atoms with E-state index in [4.69, 9.17) is 0 Å². The number of nitrogens with zero attached hydrogens (tertiary/aromatic N) is 2. The van der Waals surface area contributed by atoms with E-state index in [0.717, 1.165) is 0 Å². The van der Waals surface area contributed by atoms with Crippen LogP contribution >= 0.6 is 0 Å². The summed E-state index contributed by atoms with van der Waals surface area (Å²) in [5.74, 6) is -29.7. The van der Waals surface area contributed by atoms with Gasteiger partial charge in [-0.15, -0.1) is 13.2 Å². The van der Waals surface area contributed by atoms with E-state index in [-0.39, 0.29) is 0 Å². The minimum Gasteiger partial charge on any atom is -0.206 e. The van der Waals surface area contributed by atoms with Crippen LogP contribution in [0.15, 0.2) is 4.99 Å². The summed E-state index contributed by atoms with van der Waals surface area (Å²) in [6.07, 6.45) is -9.86. The van der Waals surface area contributed by atoms with Crippen LogP contribution < -0.4 is 4.90 Å². The van der Waals surface area contributed by atoms with Crippen LogP contribution in [0.5, 0.6) is 0 Å². The summed E-state index contributed by atoms with van der Waals surface area (Å²) in [5, 5.41) is 0. The van der Waals surface area contributed by atoms with Crippen molar-refractivity contribution in [3.63, 3.8) is 0 Å². The second-order valence-electron chi connectivity index (χ2n) is 5.02. The molecule has 0 aromatic heterocycles. The van der Waals surface area contributed by atoms with E-state index in [2.05, 4.69) is 0 Å². The van der Waals surface area contributed by atoms with Gasteiger partial charge in [0.15, 0.2) is 46.5 Å². The molecule has 0 bridgehead atoms. The summed E-state index contributed by atoms with van der Waals surface area (Å²) in [7, 11) is 0. The Morgan fingerprint density at radius 3 is 1.17 bits per heavy atom. The lowest BCUT2D eigenvalue weighted by molar-refractivity contribution is -0.120. The smallest absolute Gasteiger partial charge is 0.206 e. The van der Waals surface area contributed by atoms with Gasteiger partial charge in [0.1, 0.15) is 11.4 Å². The van der Waals surface area contributed by atoms with Crippen molar-refractivity contribution in [2.24, 2.45) is 4.99 Å². The van der Waals surface area contributed by atoms with Gasteiger partial charge < -0.3 is 0 Å². The zero-order valence-electron chi connectivity index (χ0n) is 13.2. The molecule has 0 saturated heterocycles. The van der Waals surface area contributed by atoms with Gasteiger partial charge in [0.05, 0.1) is 0 Å². The highest BCUT2D eigenvalue weighted by atomic mass is 19.4. The highest BCUT2D eigenvalue weighted by Gasteiger charge is 2.47. The van der Waals surface area contributed by atoms with Crippen molar-refractivity contribution in [2.75, 3.05) is 4.90 Å². The first-order valence-electron chi connectivity index (χ1n) is 6.76. The summed E-state index contributed by atoms with van der Waals surface area (Å²) >= 11 is 0. The third kappa shape index (κ3) is 3.60. The van der Waals surface area contributed by atoms with Crippen molar-refractivity contribution >= 4 is 17.5 Å². The van der Waals surface area contributed by atoms with Crippen molar-refractivity contribution in [2.45, 2.75) is 6.30 Å². The molecule has 164 valence electrons. The van der Waals surface area contributed by atoms with Gasteiger partial charge in [0.25, 0.3) is 6.09 Å². The van der Waals surface area contributed by atoms with Crippen LogP contribution in [0.3, 0.4) is 0 Å². The zero-order chi connectivity index (χ0) is 23.3. The van der Waals surface area contributed by atoms with Gasteiger partial charge in [0, 0.05) is 0 Å². The molecule has 2 aromatic carbocycles. The average Bonchev–Trinajstić information content (AvgIpc) is 2.67. The lowest BCUT2D eigenvalue weighted by Crippen LogP contribution is -2.43. The summed E-state index contributed by atoms with van der Waals surface area (Å²) in [5.41, 5.74) is -5.61. The maximum Gasteiger partial charge on any atom is 0.492 e. The summed E-state index contributed by atoms with van der Waals surface area (Å²) in [6, 6.07) is 0. The Morgan fingerprint density at radius 1 is 0.533 bits per heavy atom. The molecule has 2 nitrogen and oxygen atoms in total. The monoisotopic (exact) mass is 462 g/mol. The number of hydrogen-bond acceptors (Lipinski definition) is 1. The largest absolute Gasteiger partial charge is 0.492 e. The zero-order valence-corrected chi connectivity index (χ0v) is 13.2. The Hall–Kier alpha value is -3.07. The molecule has 30 heavy (non-hydrogen) atoms.